The second kappa shape index (κ2) is 7.67. The lowest BCUT2D eigenvalue weighted by Gasteiger charge is -2.23. The first-order chi connectivity index (χ1) is 11.7. The molecule has 0 spiro atoms. The fraction of sp³-hybridized carbons (Fsp3) is 0.450. The van der Waals surface area contributed by atoms with E-state index in [0.717, 1.165) is 48.0 Å². The first-order valence-corrected chi connectivity index (χ1v) is 8.73. The Balaban J connectivity index is 1.64. The van der Waals surface area contributed by atoms with Gasteiger partial charge in [0.15, 0.2) is 0 Å². The molecule has 0 radical (unpaired) electrons. The summed E-state index contributed by atoms with van der Waals surface area (Å²) in [6, 6.07) is 12.4. The van der Waals surface area contributed by atoms with Crippen LogP contribution in [0.3, 0.4) is 0 Å². The molecular weight excluding hydrogens is 300 g/mol. The van der Waals surface area contributed by atoms with E-state index in [0.29, 0.717) is 12.3 Å². The van der Waals surface area contributed by atoms with Gasteiger partial charge >= 0.3 is 0 Å². The predicted molar refractivity (Wildman–Crippen MR) is 97.3 cm³/mol. The van der Waals surface area contributed by atoms with Crippen molar-refractivity contribution in [1.82, 2.24) is 10.6 Å². The molecule has 0 saturated carbocycles. The maximum atomic E-state index is 12.3. The zero-order chi connectivity index (χ0) is 16.9. The number of rotatable bonds is 5. The maximum Gasteiger partial charge on any atom is 0.220 e. The lowest BCUT2D eigenvalue weighted by Crippen LogP contribution is -2.33. The third-order valence-electron chi connectivity index (χ3n) is 4.88. The Hall–Kier alpha value is -2.07. The molecule has 4 heteroatoms. The Morgan fingerprint density at radius 3 is 2.67 bits per heavy atom. The van der Waals surface area contributed by atoms with Crippen LogP contribution in [-0.2, 0) is 4.79 Å². The average molecular weight is 326 g/mol. The molecule has 0 unspecified atom stereocenters. The van der Waals surface area contributed by atoms with Crippen molar-refractivity contribution in [2.24, 2.45) is 5.92 Å². The highest BCUT2D eigenvalue weighted by Gasteiger charge is 2.18. The molecule has 128 valence electrons. The summed E-state index contributed by atoms with van der Waals surface area (Å²) in [4.78, 5) is 12.3. The Kier molecular flexibility index (Phi) is 5.36. The first kappa shape index (κ1) is 16.8. The predicted octanol–water partition coefficient (Wildman–Crippen LogP) is 3.42. The van der Waals surface area contributed by atoms with Crippen LogP contribution in [0, 0.1) is 5.92 Å². The smallest absolute Gasteiger partial charge is 0.220 e. The molecule has 24 heavy (non-hydrogen) atoms. The van der Waals surface area contributed by atoms with E-state index in [1.54, 1.807) is 7.11 Å². The van der Waals surface area contributed by atoms with E-state index >= 15 is 0 Å². The van der Waals surface area contributed by atoms with Gasteiger partial charge in [-0.2, -0.15) is 0 Å². The summed E-state index contributed by atoms with van der Waals surface area (Å²) in [6.45, 7) is 4.11. The van der Waals surface area contributed by atoms with Gasteiger partial charge in [0.1, 0.15) is 5.75 Å². The standard InChI is InChI=1S/C20H26N2O2/c1-14(22-20(23)11-15-7-9-21-10-8-15)16-3-4-18-13-19(24-2)6-5-17(18)12-16/h3-6,12-15,21H,7-11H2,1-2H3,(H,22,23)/t14-/m1/s1. The number of ether oxygens (including phenoxy) is 1. The highest BCUT2D eigenvalue weighted by Crippen LogP contribution is 2.24. The Labute approximate surface area is 143 Å². The molecule has 4 nitrogen and oxygen atoms in total. The van der Waals surface area contributed by atoms with Gasteiger partial charge in [-0.15, -0.1) is 0 Å². The summed E-state index contributed by atoms with van der Waals surface area (Å²) in [6.07, 6.45) is 2.83. The van der Waals surface area contributed by atoms with Crippen molar-refractivity contribution in [3.63, 3.8) is 0 Å². The summed E-state index contributed by atoms with van der Waals surface area (Å²) >= 11 is 0. The van der Waals surface area contributed by atoms with Gasteiger partial charge in [0.25, 0.3) is 0 Å². The second-order valence-corrected chi connectivity index (χ2v) is 6.66. The van der Waals surface area contributed by atoms with Crippen molar-refractivity contribution in [1.29, 1.82) is 0 Å². The second-order valence-electron chi connectivity index (χ2n) is 6.66. The van der Waals surface area contributed by atoms with E-state index in [1.165, 1.54) is 0 Å². The van der Waals surface area contributed by atoms with Crippen molar-refractivity contribution >= 4 is 16.7 Å². The fourth-order valence-corrected chi connectivity index (χ4v) is 3.37. The van der Waals surface area contributed by atoms with Crippen LogP contribution in [0.25, 0.3) is 10.8 Å². The largest absolute Gasteiger partial charge is 0.497 e. The highest BCUT2D eigenvalue weighted by molar-refractivity contribution is 5.85. The minimum atomic E-state index is 0.0192. The van der Waals surface area contributed by atoms with Gasteiger partial charge in [-0.1, -0.05) is 18.2 Å². The highest BCUT2D eigenvalue weighted by atomic mass is 16.5. The summed E-state index contributed by atoms with van der Waals surface area (Å²) in [5, 5.41) is 8.79. The lowest BCUT2D eigenvalue weighted by atomic mass is 9.94. The number of methoxy groups -OCH3 is 1. The Bertz CT molecular complexity index is 708. The Morgan fingerprint density at radius 2 is 1.92 bits per heavy atom. The van der Waals surface area contributed by atoms with Crippen LogP contribution in [0.15, 0.2) is 36.4 Å². The summed E-state index contributed by atoms with van der Waals surface area (Å²) in [7, 11) is 1.68. The summed E-state index contributed by atoms with van der Waals surface area (Å²) in [5.74, 6) is 1.53. The van der Waals surface area contributed by atoms with Gasteiger partial charge in [0.2, 0.25) is 5.91 Å². The normalized spacial score (nSPS) is 16.8. The number of amides is 1. The molecule has 1 atom stereocenters. The van der Waals surface area contributed by atoms with Gasteiger partial charge < -0.3 is 15.4 Å². The van der Waals surface area contributed by atoms with Crippen LogP contribution in [-0.4, -0.2) is 26.1 Å². The molecule has 1 saturated heterocycles. The van der Waals surface area contributed by atoms with E-state index in [1.807, 2.05) is 19.1 Å². The van der Waals surface area contributed by atoms with Crippen molar-refractivity contribution in [2.75, 3.05) is 20.2 Å². The molecule has 2 aromatic rings. The van der Waals surface area contributed by atoms with E-state index in [9.17, 15) is 4.79 Å². The number of nitrogens with one attached hydrogen (secondary N) is 2. The van der Waals surface area contributed by atoms with Crippen LogP contribution in [0.4, 0.5) is 0 Å². The van der Waals surface area contributed by atoms with Crippen LogP contribution in [0.5, 0.6) is 5.75 Å². The quantitative estimate of drug-likeness (QED) is 0.885. The van der Waals surface area contributed by atoms with Crippen molar-refractivity contribution < 1.29 is 9.53 Å². The summed E-state index contributed by atoms with van der Waals surface area (Å²) < 4.78 is 5.26. The molecule has 0 aliphatic carbocycles. The average Bonchev–Trinajstić information content (AvgIpc) is 2.61. The molecule has 2 N–H and O–H groups in total. The number of hydrogen-bond donors (Lipinski definition) is 2. The lowest BCUT2D eigenvalue weighted by molar-refractivity contribution is -0.122. The number of carbonyl (C=O) groups is 1. The molecule has 1 amide bonds. The molecule has 3 rings (SSSR count). The van der Waals surface area contributed by atoms with Gasteiger partial charge in [-0.05, 0) is 73.3 Å². The SMILES string of the molecule is COc1ccc2cc([C@@H](C)NC(=O)CC3CCNCC3)ccc2c1. The van der Waals surface area contributed by atoms with Gasteiger partial charge in [-0.3, -0.25) is 4.79 Å². The van der Waals surface area contributed by atoms with Gasteiger partial charge in [0.05, 0.1) is 13.2 Å². The van der Waals surface area contributed by atoms with Crippen molar-refractivity contribution in [3.8, 4) is 5.75 Å². The first-order valence-electron chi connectivity index (χ1n) is 8.73. The Morgan fingerprint density at radius 1 is 1.21 bits per heavy atom. The molecule has 1 aliphatic rings. The third-order valence-corrected chi connectivity index (χ3v) is 4.88. The maximum absolute atomic E-state index is 12.3. The molecule has 1 fully saturated rings. The molecule has 0 aromatic heterocycles. The number of carbonyl (C=O) groups excluding carboxylic acids is 1. The van der Waals surface area contributed by atoms with Gasteiger partial charge in [-0.25, -0.2) is 0 Å². The van der Waals surface area contributed by atoms with Crippen LogP contribution < -0.4 is 15.4 Å². The number of benzene rings is 2. The monoisotopic (exact) mass is 326 g/mol. The molecular formula is C20H26N2O2. The number of hydrogen-bond acceptors (Lipinski definition) is 3. The van der Waals surface area contributed by atoms with Gasteiger partial charge in [0, 0.05) is 6.42 Å². The number of fused-ring (bicyclic) bond motifs is 1. The molecule has 1 heterocycles. The number of piperidine rings is 1. The van der Waals surface area contributed by atoms with Crippen molar-refractivity contribution in [2.45, 2.75) is 32.2 Å². The van der Waals surface area contributed by atoms with Crippen LogP contribution >= 0.6 is 0 Å². The molecule has 0 bridgehead atoms. The minimum absolute atomic E-state index is 0.0192. The zero-order valence-electron chi connectivity index (χ0n) is 14.5. The van der Waals surface area contributed by atoms with E-state index < -0.39 is 0 Å². The minimum Gasteiger partial charge on any atom is -0.497 e. The topological polar surface area (TPSA) is 50.4 Å². The third kappa shape index (κ3) is 4.06. The van der Waals surface area contributed by atoms with Crippen LogP contribution in [0.2, 0.25) is 0 Å². The van der Waals surface area contributed by atoms with E-state index in [4.69, 9.17) is 4.74 Å². The fourth-order valence-electron chi connectivity index (χ4n) is 3.37. The van der Waals surface area contributed by atoms with E-state index in [2.05, 4.69) is 34.9 Å². The van der Waals surface area contributed by atoms with Crippen molar-refractivity contribution in [3.05, 3.63) is 42.0 Å². The zero-order valence-corrected chi connectivity index (χ0v) is 14.5. The molecule has 1 aliphatic heterocycles. The van der Waals surface area contributed by atoms with E-state index in [-0.39, 0.29) is 11.9 Å². The summed E-state index contributed by atoms with van der Waals surface area (Å²) in [5.41, 5.74) is 1.13. The van der Waals surface area contributed by atoms with Crippen LogP contribution in [0.1, 0.15) is 37.8 Å². The molecule has 2 aromatic carbocycles.